The quantitative estimate of drug-likeness (QED) is 0.0299. The SMILES string of the molecule is CCCCCCCCCCN(CC(=O)N(CC(=O)N(CCCCCCCCCC)CC(=O)N(CC(N)=O)CC(CC)CCCC)CC(CC)CCCC)C(=O)CN(CCc1ccccc1)C(=O)CN(CCc1ccccc1)C(=O)CN(CCN)C(=O)CN(CCc1ccccc1)C(=O)CN(CCc1ccccc1)C(=O)CN(CCN)C(=O)CCCCCN. The van der Waals surface area contributed by atoms with Gasteiger partial charge in [0, 0.05) is 85.0 Å². The average Bonchev–Trinajstić information content (AvgIpc) is 0.854. The fraction of sp³-hybridized carbons (Fsp3) is 0.643. The molecule has 25 heteroatoms. The van der Waals surface area contributed by atoms with Crippen LogP contribution in [0.25, 0.3) is 0 Å². The van der Waals surface area contributed by atoms with Crippen LogP contribution in [0.2, 0.25) is 0 Å². The first-order valence-electron chi connectivity index (χ1n) is 47.0. The van der Waals surface area contributed by atoms with Crippen molar-refractivity contribution in [3.8, 4) is 0 Å². The van der Waals surface area contributed by atoms with Gasteiger partial charge in [0.2, 0.25) is 65.0 Å². The van der Waals surface area contributed by atoms with Crippen LogP contribution in [0.4, 0.5) is 0 Å². The van der Waals surface area contributed by atoms with E-state index in [-0.39, 0.29) is 128 Å². The maximum atomic E-state index is 15.7. The molecule has 686 valence electrons. The van der Waals surface area contributed by atoms with Crippen molar-refractivity contribution in [3.05, 3.63) is 144 Å². The number of unbranched alkanes of at least 4 members (excludes halogenated alkanes) is 18. The molecular weight excluding hydrogens is 1550 g/mol. The van der Waals surface area contributed by atoms with Gasteiger partial charge in [0.15, 0.2) is 0 Å². The topological polar surface area (TPSA) is 324 Å². The molecule has 4 aromatic carbocycles. The van der Waals surface area contributed by atoms with Gasteiger partial charge in [-0.3, -0.25) is 52.7 Å². The number of hydrogen-bond acceptors (Lipinski definition) is 14. The van der Waals surface area contributed by atoms with Crippen LogP contribution in [0, 0.1) is 11.8 Å². The summed E-state index contributed by atoms with van der Waals surface area (Å²) < 4.78 is 0. The maximum absolute atomic E-state index is 15.7. The lowest BCUT2D eigenvalue weighted by molar-refractivity contribution is -0.149. The van der Waals surface area contributed by atoms with Crippen LogP contribution in [0.15, 0.2) is 121 Å². The first-order valence-corrected chi connectivity index (χ1v) is 47.0. The van der Waals surface area contributed by atoms with Gasteiger partial charge in [-0.15, -0.1) is 0 Å². The molecule has 0 saturated carbocycles. The van der Waals surface area contributed by atoms with Gasteiger partial charge < -0.3 is 71.9 Å². The molecule has 2 atom stereocenters. The third-order valence-electron chi connectivity index (χ3n) is 23.4. The highest BCUT2D eigenvalue weighted by atomic mass is 16.2. The Kier molecular flexibility index (Phi) is 56.6. The number of nitrogens with two attached hydrogens (primary N) is 4. The Morgan fingerprint density at radius 3 is 0.748 bits per heavy atom. The molecule has 0 aliphatic heterocycles. The van der Waals surface area contributed by atoms with Crippen molar-refractivity contribution >= 4 is 65.0 Å². The third-order valence-corrected chi connectivity index (χ3v) is 23.4. The molecular formula is C98H158N14O11. The molecule has 0 fully saturated rings. The van der Waals surface area contributed by atoms with Gasteiger partial charge in [0.25, 0.3) is 0 Å². The molecule has 4 aromatic rings. The standard InChI is InChI=1S/C98H158N14O11/c1-7-13-17-19-21-23-25-42-62-103(80-98(123)112(71-83(12-6)45-16-10-4)81-96(121)104(63-43-26-24-22-20-18-14-8-2)79-97(122)111(72-88(102)113)70-82(11-5)44-15-9-3)90(115)73-105(64-55-84-46-32-27-33-47-84)91(116)75-107(66-57-86-50-36-29-37-51-86)94(119)78-110(69-61-101)95(120)76-108(67-58-87-52-38-30-39-53-87)92(117)74-106(65-56-85-48-34-28-35-49-85)93(118)77-109(68-60-100)89(114)54-40-31-41-59-99/h27-30,32-39,46-53,82-83H,7-26,31,40-45,54-81,99-101H2,1-6H3,(H2,102,113). The molecule has 0 aromatic heterocycles. The summed E-state index contributed by atoms with van der Waals surface area (Å²) in [6.45, 7) is 10.5. The van der Waals surface area contributed by atoms with Crippen LogP contribution in [-0.4, -0.2) is 265 Å². The minimum absolute atomic E-state index is 0.00610. The van der Waals surface area contributed by atoms with Crippen LogP contribution < -0.4 is 22.9 Å². The summed E-state index contributed by atoms with van der Waals surface area (Å²) >= 11 is 0. The van der Waals surface area contributed by atoms with Crippen molar-refractivity contribution in [2.75, 3.05) is 151 Å². The Morgan fingerprint density at radius 2 is 0.480 bits per heavy atom. The zero-order valence-electron chi connectivity index (χ0n) is 76.4. The lowest BCUT2D eigenvalue weighted by Gasteiger charge is -2.34. The molecule has 2 unspecified atom stereocenters. The number of primary amides is 1. The van der Waals surface area contributed by atoms with Gasteiger partial charge in [-0.1, -0.05) is 298 Å². The van der Waals surface area contributed by atoms with Crippen LogP contribution in [-0.2, 0) is 78.4 Å². The first kappa shape index (κ1) is 106. The third kappa shape index (κ3) is 45.4. The van der Waals surface area contributed by atoms with Crippen LogP contribution >= 0.6 is 0 Å². The summed E-state index contributed by atoms with van der Waals surface area (Å²) in [4.78, 5) is 178. The summed E-state index contributed by atoms with van der Waals surface area (Å²) in [5.41, 5.74) is 27.4. The zero-order chi connectivity index (χ0) is 89.6. The van der Waals surface area contributed by atoms with E-state index in [0.717, 1.165) is 170 Å². The number of rotatable bonds is 71. The number of amides is 11. The molecule has 0 heterocycles. The summed E-state index contributed by atoms with van der Waals surface area (Å²) in [7, 11) is 0. The molecule has 0 spiro atoms. The average molecular weight is 1710 g/mol. The van der Waals surface area contributed by atoms with E-state index < -0.39 is 92.4 Å². The monoisotopic (exact) mass is 1710 g/mol. The summed E-state index contributed by atoms with van der Waals surface area (Å²) in [6, 6.07) is 38.0. The Bertz CT molecular complexity index is 3600. The van der Waals surface area contributed by atoms with E-state index in [1.54, 1.807) is 9.80 Å². The van der Waals surface area contributed by atoms with Crippen molar-refractivity contribution in [2.24, 2.45) is 34.8 Å². The van der Waals surface area contributed by atoms with Gasteiger partial charge >= 0.3 is 0 Å². The van der Waals surface area contributed by atoms with E-state index in [1.807, 2.05) is 121 Å². The Labute approximate surface area is 738 Å². The van der Waals surface area contributed by atoms with E-state index in [4.69, 9.17) is 22.9 Å². The highest BCUT2D eigenvalue weighted by molar-refractivity contribution is 5.94. The molecule has 0 aliphatic rings. The smallest absolute Gasteiger partial charge is 0.242 e. The molecule has 8 N–H and O–H groups in total. The van der Waals surface area contributed by atoms with E-state index >= 15 is 33.6 Å². The van der Waals surface area contributed by atoms with Crippen molar-refractivity contribution in [3.63, 3.8) is 0 Å². The predicted octanol–water partition coefficient (Wildman–Crippen LogP) is 11.9. The number of benzene rings is 4. The minimum Gasteiger partial charge on any atom is -0.368 e. The summed E-state index contributed by atoms with van der Waals surface area (Å²) in [5.74, 6) is -5.26. The molecule has 0 radical (unpaired) electrons. The Morgan fingerprint density at radius 1 is 0.244 bits per heavy atom. The number of nitrogens with zero attached hydrogens (tertiary/aromatic N) is 10. The van der Waals surface area contributed by atoms with Gasteiger partial charge in [-0.05, 0) is 105 Å². The van der Waals surface area contributed by atoms with Crippen LogP contribution in [0.5, 0.6) is 0 Å². The number of carbonyl (C=O) groups is 11. The zero-order valence-corrected chi connectivity index (χ0v) is 76.4. The Hall–Kier alpha value is -9.07. The summed E-state index contributed by atoms with van der Waals surface area (Å²) in [6.07, 6.45) is 26.4. The Balaban J connectivity index is 1.79. The first-order chi connectivity index (χ1) is 59.6. The van der Waals surface area contributed by atoms with Crippen LogP contribution in [0.1, 0.15) is 244 Å². The lowest BCUT2D eigenvalue weighted by atomic mass is 9.98. The minimum atomic E-state index is -0.644. The molecule has 0 aliphatic carbocycles. The van der Waals surface area contributed by atoms with Gasteiger partial charge in [-0.25, -0.2) is 0 Å². The van der Waals surface area contributed by atoms with E-state index in [2.05, 4.69) is 41.5 Å². The molecule has 11 amide bonds. The lowest BCUT2D eigenvalue weighted by Crippen LogP contribution is -2.54. The van der Waals surface area contributed by atoms with Crippen molar-refractivity contribution in [1.29, 1.82) is 0 Å². The van der Waals surface area contributed by atoms with Gasteiger partial charge in [0.05, 0.1) is 65.4 Å². The van der Waals surface area contributed by atoms with E-state index in [0.29, 0.717) is 58.0 Å². The second-order valence-corrected chi connectivity index (χ2v) is 33.4. The predicted molar refractivity (Wildman–Crippen MR) is 493 cm³/mol. The largest absolute Gasteiger partial charge is 0.368 e. The molecule has 0 saturated heterocycles. The highest BCUT2D eigenvalue weighted by Crippen LogP contribution is 2.21. The second kappa shape index (κ2) is 65.5. The normalized spacial score (nSPS) is 11.6. The fourth-order valence-electron chi connectivity index (χ4n) is 15.4. The van der Waals surface area contributed by atoms with Crippen molar-refractivity contribution in [1.82, 2.24) is 49.0 Å². The molecule has 0 bridgehead atoms. The number of hydrogen-bond donors (Lipinski definition) is 4. The van der Waals surface area contributed by atoms with Gasteiger partial charge in [0.1, 0.15) is 0 Å². The molecule has 4 rings (SSSR count). The fourth-order valence-corrected chi connectivity index (χ4v) is 15.4. The molecule has 123 heavy (non-hydrogen) atoms. The maximum Gasteiger partial charge on any atom is 0.242 e. The highest BCUT2D eigenvalue weighted by Gasteiger charge is 2.34. The van der Waals surface area contributed by atoms with Crippen molar-refractivity contribution in [2.45, 2.75) is 247 Å². The van der Waals surface area contributed by atoms with Crippen LogP contribution in [0.3, 0.4) is 0 Å². The van der Waals surface area contributed by atoms with Crippen molar-refractivity contribution < 1.29 is 52.7 Å². The number of carbonyl (C=O) groups excluding carboxylic acids is 11. The van der Waals surface area contributed by atoms with Gasteiger partial charge in [-0.2, -0.15) is 0 Å². The second-order valence-electron chi connectivity index (χ2n) is 33.4. The molecule has 25 nitrogen and oxygen atoms in total. The van der Waals surface area contributed by atoms with E-state index in [1.165, 1.54) is 45.6 Å². The van der Waals surface area contributed by atoms with E-state index in [9.17, 15) is 19.2 Å². The summed E-state index contributed by atoms with van der Waals surface area (Å²) in [5, 5.41) is 0.